The van der Waals surface area contributed by atoms with Crippen molar-refractivity contribution in [2.75, 3.05) is 5.32 Å². The molecule has 0 spiro atoms. The summed E-state index contributed by atoms with van der Waals surface area (Å²) >= 11 is 5.99. The zero-order valence-electron chi connectivity index (χ0n) is 13.5. The quantitative estimate of drug-likeness (QED) is 0.752. The number of benzene rings is 2. The van der Waals surface area contributed by atoms with Gasteiger partial charge in [0.15, 0.2) is 0 Å². The van der Waals surface area contributed by atoms with E-state index < -0.39 is 11.9 Å². The number of rotatable bonds is 6. The topological polar surface area (TPSA) is 84.2 Å². The Labute approximate surface area is 146 Å². The molecule has 0 fully saturated rings. The van der Waals surface area contributed by atoms with Gasteiger partial charge in [0, 0.05) is 22.3 Å². The monoisotopic (exact) mass is 345 g/mol. The molecule has 24 heavy (non-hydrogen) atoms. The second kappa shape index (κ2) is 7.95. The lowest BCUT2D eigenvalue weighted by atomic mass is 10.1. The van der Waals surface area contributed by atoms with Crippen molar-refractivity contribution in [3.05, 3.63) is 64.7 Å². The molecule has 4 N–H and O–H groups in total. The molecule has 0 aliphatic carbocycles. The van der Waals surface area contributed by atoms with Gasteiger partial charge in [-0.25, -0.2) is 0 Å². The molecule has 6 heteroatoms. The molecule has 2 aromatic carbocycles. The smallest absolute Gasteiger partial charge is 0.248 e. The minimum atomic E-state index is -0.502. The third kappa shape index (κ3) is 4.81. The maximum atomic E-state index is 12.3. The first-order valence-electron chi connectivity index (χ1n) is 7.59. The number of primary amides is 1. The molecule has 0 aliphatic rings. The zero-order valence-corrected chi connectivity index (χ0v) is 14.3. The van der Waals surface area contributed by atoms with Gasteiger partial charge in [0.05, 0.1) is 6.04 Å². The van der Waals surface area contributed by atoms with Crippen LogP contribution in [0.5, 0.6) is 0 Å². The normalized spacial score (nSPS) is 13.1. The van der Waals surface area contributed by atoms with Gasteiger partial charge in [-0.2, -0.15) is 0 Å². The first-order valence-corrected chi connectivity index (χ1v) is 7.97. The fourth-order valence-electron chi connectivity index (χ4n) is 2.29. The van der Waals surface area contributed by atoms with Crippen LogP contribution in [0.1, 0.15) is 35.8 Å². The van der Waals surface area contributed by atoms with Gasteiger partial charge in [0.25, 0.3) is 0 Å². The summed E-state index contributed by atoms with van der Waals surface area (Å²) in [5, 5.41) is 6.68. The standard InChI is InChI=1S/C18H20ClN3O2/c1-11(14-4-3-5-15(19)10-14)21-12(2)18(24)22-16-8-6-13(7-9-16)17(20)23/h3-12,21H,1-2H3,(H2,20,23)(H,22,24)/t11-,12+/m1/s1. The fraction of sp³-hybridized carbons (Fsp3) is 0.222. The highest BCUT2D eigenvalue weighted by molar-refractivity contribution is 6.30. The number of anilines is 1. The van der Waals surface area contributed by atoms with Gasteiger partial charge in [-0.15, -0.1) is 0 Å². The third-order valence-electron chi connectivity index (χ3n) is 3.68. The number of hydrogen-bond acceptors (Lipinski definition) is 3. The average Bonchev–Trinajstić information content (AvgIpc) is 2.55. The van der Waals surface area contributed by atoms with E-state index in [-0.39, 0.29) is 11.9 Å². The van der Waals surface area contributed by atoms with Crippen molar-refractivity contribution in [2.24, 2.45) is 5.73 Å². The highest BCUT2D eigenvalue weighted by Crippen LogP contribution is 2.18. The molecule has 0 saturated carbocycles. The molecule has 0 heterocycles. The van der Waals surface area contributed by atoms with E-state index in [0.29, 0.717) is 16.3 Å². The van der Waals surface area contributed by atoms with Crippen LogP contribution in [-0.2, 0) is 4.79 Å². The van der Waals surface area contributed by atoms with Gasteiger partial charge in [0.1, 0.15) is 0 Å². The van der Waals surface area contributed by atoms with Crippen molar-refractivity contribution < 1.29 is 9.59 Å². The first kappa shape index (κ1) is 18.0. The Morgan fingerprint density at radius 2 is 1.75 bits per heavy atom. The summed E-state index contributed by atoms with van der Waals surface area (Å²) in [7, 11) is 0. The van der Waals surface area contributed by atoms with E-state index in [2.05, 4.69) is 10.6 Å². The van der Waals surface area contributed by atoms with Crippen LogP contribution >= 0.6 is 11.6 Å². The Morgan fingerprint density at radius 1 is 1.08 bits per heavy atom. The summed E-state index contributed by atoms with van der Waals surface area (Å²) in [4.78, 5) is 23.3. The minimum Gasteiger partial charge on any atom is -0.366 e. The molecule has 0 bridgehead atoms. The van der Waals surface area contributed by atoms with Gasteiger partial charge >= 0.3 is 0 Å². The summed E-state index contributed by atoms with van der Waals surface area (Å²) in [6.07, 6.45) is 0. The predicted octanol–water partition coefficient (Wildman–Crippen LogP) is 3.12. The largest absolute Gasteiger partial charge is 0.366 e. The Kier molecular flexibility index (Phi) is 5.95. The van der Waals surface area contributed by atoms with Crippen LogP contribution in [0.3, 0.4) is 0 Å². The summed E-state index contributed by atoms with van der Waals surface area (Å²) in [5.41, 5.74) is 7.20. The summed E-state index contributed by atoms with van der Waals surface area (Å²) < 4.78 is 0. The van der Waals surface area contributed by atoms with Crippen LogP contribution in [0, 0.1) is 0 Å². The minimum absolute atomic E-state index is 0.0262. The molecule has 0 unspecified atom stereocenters. The van der Waals surface area contributed by atoms with Crippen molar-refractivity contribution in [1.29, 1.82) is 0 Å². The summed E-state index contributed by atoms with van der Waals surface area (Å²) in [5.74, 6) is -0.672. The van der Waals surface area contributed by atoms with E-state index in [0.717, 1.165) is 5.56 Å². The molecule has 0 aromatic heterocycles. The van der Waals surface area contributed by atoms with Crippen molar-refractivity contribution >= 4 is 29.1 Å². The van der Waals surface area contributed by atoms with E-state index in [1.165, 1.54) is 0 Å². The van der Waals surface area contributed by atoms with Gasteiger partial charge in [-0.05, 0) is 55.8 Å². The number of halogens is 1. The van der Waals surface area contributed by atoms with Crippen molar-refractivity contribution in [1.82, 2.24) is 5.32 Å². The highest BCUT2D eigenvalue weighted by Gasteiger charge is 2.16. The average molecular weight is 346 g/mol. The van der Waals surface area contributed by atoms with E-state index in [9.17, 15) is 9.59 Å². The van der Waals surface area contributed by atoms with Gasteiger partial charge in [-0.1, -0.05) is 23.7 Å². The molecule has 2 aromatic rings. The van der Waals surface area contributed by atoms with Crippen molar-refractivity contribution in [3.8, 4) is 0 Å². The molecule has 2 amide bonds. The molecule has 0 saturated heterocycles. The Hall–Kier alpha value is -2.37. The van der Waals surface area contributed by atoms with Crippen LogP contribution in [0.2, 0.25) is 5.02 Å². The van der Waals surface area contributed by atoms with Crippen molar-refractivity contribution in [3.63, 3.8) is 0 Å². The lowest BCUT2D eigenvalue weighted by Gasteiger charge is -2.20. The molecule has 2 rings (SSSR count). The predicted molar refractivity (Wildman–Crippen MR) is 96.1 cm³/mol. The first-order chi connectivity index (χ1) is 11.4. The number of nitrogens with one attached hydrogen (secondary N) is 2. The van der Waals surface area contributed by atoms with Gasteiger partial charge in [0.2, 0.25) is 11.8 Å². The molecule has 2 atom stereocenters. The summed E-state index contributed by atoms with van der Waals surface area (Å²) in [6, 6.07) is 13.5. The van der Waals surface area contributed by atoms with Gasteiger partial charge in [-0.3, -0.25) is 14.9 Å². The number of carbonyl (C=O) groups is 2. The van der Waals surface area contributed by atoms with Crippen LogP contribution in [0.15, 0.2) is 48.5 Å². The number of nitrogens with two attached hydrogens (primary N) is 1. The van der Waals surface area contributed by atoms with E-state index in [4.69, 9.17) is 17.3 Å². The molecule has 0 radical (unpaired) electrons. The maximum Gasteiger partial charge on any atom is 0.248 e. The lowest BCUT2D eigenvalue weighted by Crippen LogP contribution is -2.39. The van der Waals surface area contributed by atoms with Crippen LogP contribution in [0.4, 0.5) is 5.69 Å². The van der Waals surface area contributed by atoms with E-state index >= 15 is 0 Å². The fourth-order valence-corrected chi connectivity index (χ4v) is 2.49. The highest BCUT2D eigenvalue weighted by atomic mass is 35.5. The Bertz CT molecular complexity index is 731. The lowest BCUT2D eigenvalue weighted by molar-refractivity contribution is -0.117. The van der Waals surface area contributed by atoms with Crippen LogP contribution in [-0.4, -0.2) is 17.9 Å². The van der Waals surface area contributed by atoms with Crippen LogP contribution in [0.25, 0.3) is 0 Å². The Morgan fingerprint density at radius 3 is 2.33 bits per heavy atom. The number of amides is 2. The molecular formula is C18H20ClN3O2. The third-order valence-corrected chi connectivity index (χ3v) is 3.91. The second-order valence-corrected chi connectivity index (χ2v) is 6.03. The molecule has 5 nitrogen and oxygen atoms in total. The SMILES string of the molecule is C[C@H](N[C@H](C)c1cccc(Cl)c1)C(=O)Nc1ccc(C(N)=O)cc1. The second-order valence-electron chi connectivity index (χ2n) is 5.60. The van der Waals surface area contributed by atoms with Crippen LogP contribution < -0.4 is 16.4 Å². The van der Waals surface area contributed by atoms with E-state index in [1.807, 2.05) is 31.2 Å². The molecule has 0 aliphatic heterocycles. The summed E-state index contributed by atoms with van der Waals surface area (Å²) in [6.45, 7) is 3.76. The maximum absolute atomic E-state index is 12.3. The van der Waals surface area contributed by atoms with Gasteiger partial charge < -0.3 is 11.1 Å². The zero-order chi connectivity index (χ0) is 17.7. The number of hydrogen-bond donors (Lipinski definition) is 3. The number of carbonyl (C=O) groups excluding carboxylic acids is 2. The molecule has 126 valence electrons. The Balaban J connectivity index is 1.95. The van der Waals surface area contributed by atoms with Crippen molar-refractivity contribution in [2.45, 2.75) is 25.9 Å². The molecular weight excluding hydrogens is 326 g/mol. The van der Waals surface area contributed by atoms with E-state index in [1.54, 1.807) is 31.2 Å².